The molecule has 0 aromatic heterocycles. The van der Waals surface area contributed by atoms with E-state index in [1.165, 1.54) is 13.8 Å². The van der Waals surface area contributed by atoms with E-state index in [1.807, 2.05) is 5.43 Å². The number of nitro benzene ring substituents is 2. The van der Waals surface area contributed by atoms with Gasteiger partial charge in [-0.1, -0.05) is 11.6 Å². The molecule has 0 radical (unpaired) electrons. The van der Waals surface area contributed by atoms with E-state index in [9.17, 15) is 34.6 Å². The Morgan fingerprint density at radius 2 is 1.52 bits per heavy atom. The quantitative estimate of drug-likeness (QED) is 0.164. The van der Waals surface area contributed by atoms with Crippen LogP contribution in [0.3, 0.4) is 0 Å². The van der Waals surface area contributed by atoms with Gasteiger partial charge in [0.1, 0.15) is 0 Å². The van der Waals surface area contributed by atoms with Gasteiger partial charge in [0, 0.05) is 12.1 Å². The number of amidine groups is 1. The van der Waals surface area contributed by atoms with Gasteiger partial charge in [0.2, 0.25) is 11.5 Å². The molecule has 0 saturated heterocycles. The van der Waals surface area contributed by atoms with Crippen molar-refractivity contribution in [2.75, 3.05) is 18.6 Å². The van der Waals surface area contributed by atoms with E-state index in [0.29, 0.717) is 0 Å². The number of ether oxygens (including phenoxy) is 2. The summed E-state index contributed by atoms with van der Waals surface area (Å²) >= 11 is 5.64. The molecular formula is C14H14ClN5O9. The van der Waals surface area contributed by atoms with Crippen molar-refractivity contribution in [2.24, 2.45) is 5.10 Å². The molecule has 0 heterocycles. The van der Waals surface area contributed by atoms with Crippen molar-refractivity contribution < 1.29 is 33.7 Å². The fourth-order valence-electron chi connectivity index (χ4n) is 1.77. The van der Waals surface area contributed by atoms with E-state index in [1.54, 1.807) is 5.32 Å². The highest BCUT2D eigenvalue weighted by molar-refractivity contribution is 6.45. The highest BCUT2D eigenvalue weighted by Crippen LogP contribution is 2.37. The molecular weight excluding hydrogens is 418 g/mol. The minimum absolute atomic E-state index is 0.125. The van der Waals surface area contributed by atoms with Crippen molar-refractivity contribution in [2.45, 2.75) is 13.8 Å². The maximum atomic E-state index is 11.9. The fraction of sp³-hybridized carbons (Fsp3) is 0.286. The van der Waals surface area contributed by atoms with Crippen molar-refractivity contribution in [1.82, 2.24) is 5.32 Å². The lowest BCUT2D eigenvalue weighted by Crippen LogP contribution is -2.42. The van der Waals surface area contributed by atoms with Crippen molar-refractivity contribution in [3.8, 4) is 0 Å². The molecule has 0 atom stereocenters. The molecule has 0 fully saturated rings. The van der Waals surface area contributed by atoms with Gasteiger partial charge in [-0.15, -0.1) is 5.10 Å². The molecule has 0 spiro atoms. The van der Waals surface area contributed by atoms with E-state index in [-0.39, 0.29) is 18.2 Å². The maximum Gasteiger partial charge on any atom is 0.397 e. The van der Waals surface area contributed by atoms with Gasteiger partial charge in [0.15, 0.2) is 0 Å². The number of benzene rings is 1. The largest absolute Gasteiger partial charge is 0.460 e. The zero-order valence-corrected chi connectivity index (χ0v) is 15.7. The molecule has 0 bridgehead atoms. The van der Waals surface area contributed by atoms with Crippen molar-refractivity contribution in [3.63, 3.8) is 0 Å². The Kier molecular flexibility index (Phi) is 8.41. The summed E-state index contributed by atoms with van der Waals surface area (Å²) in [5, 5.41) is 27.3. The van der Waals surface area contributed by atoms with Crippen molar-refractivity contribution in [3.05, 3.63) is 37.4 Å². The monoisotopic (exact) mass is 431 g/mol. The molecule has 0 unspecified atom stereocenters. The van der Waals surface area contributed by atoms with Gasteiger partial charge in [-0.25, -0.2) is 9.59 Å². The average Bonchev–Trinajstić information content (AvgIpc) is 2.65. The number of nitrogens with zero attached hydrogens (tertiary/aromatic N) is 3. The summed E-state index contributed by atoms with van der Waals surface area (Å²) in [5.74, 6) is -4.85. The standard InChI is InChI=1S/C14H14ClN5O9/c1-3-28-13(22)11(16-12(21)14(23)29-4-2)18-17-10-8(19(24)25)5-7(15)6-9(10)20(26)27/h5-6,17H,3-4H2,1-2H3,(H,16,18,21). The second kappa shape index (κ2) is 10.5. The van der Waals surface area contributed by atoms with E-state index >= 15 is 0 Å². The number of nitro groups is 2. The summed E-state index contributed by atoms with van der Waals surface area (Å²) in [6, 6.07) is 1.63. The second-order valence-corrected chi connectivity index (χ2v) is 5.24. The van der Waals surface area contributed by atoms with Crippen LogP contribution in [0.2, 0.25) is 5.02 Å². The molecule has 2 N–H and O–H groups in total. The topological polar surface area (TPSA) is 192 Å². The SMILES string of the molecule is CCOC(=O)C(=O)N/C(=N/Nc1c([N+](=O)[O-])cc(Cl)cc1[N+](=O)[O-])C(=O)OCC. The Bertz CT molecular complexity index is 851. The van der Waals surface area contributed by atoms with Gasteiger partial charge in [-0.3, -0.25) is 35.8 Å². The lowest BCUT2D eigenvalue weighted by molar-refractivity contribution is -0.392. The predicted molar refractivity (Wildman–Crippen MR) is 97.2 cm³/mol. The summed E-state index contributed by atoms with van der Waals surface area (Å²) in [4.78, 5) is 55.5. The normalized spacial score (nSPS) is 10.7. The minimum atomic E-state index is -1.39. The van der Waals surface area contributed by atoms with Gasteiger partial charge in [0.05, 0.1) is 28.1 Å². The van der Waals surface area contributed by atoms with Gasteiger partial charge < -0.3 is 9.47 Å². The molecule has 0 aliphatic carbocycles. The zero-order valence-electron chi connectivity index (χ0n) is 15.0. The number of hydrogen-bond donors (Lipinski definition) is 2. The van der Waals surface area contributed by atoms with Crippen LogP contribution in [0.15, 0.2) is 17.2 Å². The highest BCUT2D eigenvalue weighted by atomic mass is 35.5. The first-order chi connectivity index (χ1) is 13.6. The van der Waals surface area contributed by atoms with Crippen LogP contribution >= 0.6 is 11.6 Å². The number of anilines is 1. The van der Waals surface area contributed by atoms with E-state index < -0.39 is 50.6 Å². The Morgan fingerprint density at radius 3 is 1.97 bits per heavy atom. The Balaban J connectivity index is 3.36. The number of hydrogen-bond acceptors (Lipinski definition) is 11. The highest BCUT2D eigenvalue weighted by Gasteiger charge is 2.28. The molecule has 14 nitrogen and oxygen atoms in total. The number of amides is 1. The molecule has 0 aliphatic rings. The van der Waals surface area contributed by atoms with Gasteiger partial charge in [0.25, 0.3) is 0 Å². The fourth-order valence-corrected chi connectivity index (χ4v) is 1.98. The zero-order chi connectivity index (χ0) is 22.1. The predicted octanol–water partition coefficient (Wildman–Crippen LogP) is 1.12. The summed E-state index contributed by atoms with van der Waals surface area (Å²) < 4.78 is 9.09. The molecule has 15 heteroatoms. The molecule has 1 amide bonds. The average molecular weight is 432 g/mol. The lowest BCUT2D eigenvalue weighted by atomic mass is 10.2. The molecule has 0 saturated carbocycles. The van der Waals surface area contributed by atoms with Gasteiger partial charge in [-0.05, 0) is 13.8 Å². The first kappa shape index (κ1) is 23.2. The van der Waals surface area contributed by atoms with Crippen molar-refractivity contribution >= 4 is 52.3 Å². The number of halogens is 1. The number of rotatable bonds is 6. The van der Waals surface area contributed by atoms with Crippen LogP contribution in [-0.4, -0.2) is 46.7 Å². The van der Waals surface area contributed by atoms with Crippen molar-refractivity contribution in [1.29, 1.82) is 0 Å². The van der Waals surface area contributed by atoms with E-state index in [2.05, 4.69) is 14.6 Å². The number of carbonyl (C=O) groups is 3. The Morgan fingerprint density at radius 1 is 1.03 bits per heavy atom. The van der Waals surface area contributed by atoms with Gasteiger partial charge >= 0.3 is 29.2 Å². The van der Waals surface area contributed by atoms with E-state index in [4.69, 9.17) is 11.6 Å². The summed E-state index contributed by atoms with van der Waals surface area (Å²) in [5.41, 5.74) is -0.412. The Labute approximate surface area is 167 Å². The number of carbonyl (C=O) groups excluding carboxylic acids is 3. The first-order valence-corrected chi connectivity index (χ1v) is 8.11. The van der Waals surface area contributed by atoms with E-state index in [0.717, 1.165) is 12.1 Å². The lowest BCUT2D eigenvalue weighted by Gasteiger charge is -2.09. The third-order valence-corrected chi connectivity index (χ3v) is 3.11. The van der Waals surface area contributed by atoms with Crippen LogP contribution in [0.5, 0.6) is 0 Å². The van der Waals surface area contributed by atoms with Crippen LogP contribution in [0.1, 0.15) is 13.8 Å². The minimum Gasteiger partial charge on any atom is -0.460 e. The molecule has 29 heavy (non-hydrogen) atoms. The molecule has 1 rings (SSSR count). The van der Waals surface area contributed by atoms with Crippen LogP contribution in [-0.2, 0) is 23.9 Å². The number of hydrazone groups is 1. The Hall–Kier alpha value is -3.81. The number of esters is 2. The molecule has 1 aromatic rings. The van der Waals surface area contributed by atoms with Crippen LogP contribution in [0.25, 0.3) is 0 Å². The summed E-state index contributed by atoms with van der Waals surface area (Å²) in [6.07, 6.45) is 0. The smallest absolute Gasteiger partial charge is 0.397 e. The molecule has 0 aliphatic heterocycles. The van der Waals surface area contributed by atoms with Crippen LogP contribution in [0.4, 0.5) is 17.1 Å². The third kappa shape index (κ3) is 6.39. The van der Waals surface area contributed by atoms with Crippen LogP contribution < -0.4 is 10.7 Å². The molecule has 156 valence electrons. The first-order valence-electron chi connectivity index (χ1n) is 7.73. The van der Waals surface area contributed by atoms with Gasteiger partial charge in [-0.2, -0.15) is 0 Å². The summed E-state index contributed by atoms with van der Waals surface area (Å²) in [7, 11) is 0. The molecule has 1 aromatic carbocycles. The third-order valence-electron chi connectivity index (χ3n) is 2.90. The van der Waals surface area contributed by atoms with Crippen LogP contribution in [0, 0.1) is 20.2 Å². The number of nitrogens with one attached hydrogen (secondary N) is 2. The maximum absolute atomic E-state index is 11.9. The summed E-state index contributed by atoms with van der Waals surface area (Å²) in [6.45, 7) is 2.60. The second-order valence-electron chi connectivity index (χ2n) is 4.80.